The normalized spacial score (nSPS) is 15.1. The zero-order valence-electron chi connectivity index (χ0n) is 17.2. The van der Waals surface area contributed by atoms with Crippen molar-refractivity contribution in [2.75, 3.05) is 5.32 Å². The van der Waals surface area contributed by atoms with E-state index in [-0.39, 0.29) is 5.91 Å². The lowest BCUT2D eigenvalue weighted by atomic mass is 9.98. The number of rotatable bonds is 6. The molecule has 5 heteroatoms. The average molecular weight is 392 g/mol. The van der Waals surface area contributed by atoms with E-state index >= 15 is 0 Å². The number of fused-ring (bicyclic) bond motifs is 1. The summed E-state index contributed by atoms with van der Waals surface area (Å²) < 4.78 is 8.31. The number of carbonyl (C=O) groups excluding carboxylic acids is 1. The number of ether oxygens (including phenoxy) is 1. The summed E-state index contributed by atoms with van der Waals surface area (Å²) in [5, 5.41) is 2.93. The van der Waals surface area contributed by atoms with Gasteiger partial charge in [0, 0.05) is 17.4 Å². The Morgan fingerprint density at radius 3 is 2.66 bits per heavy atom. The van der Waals surface area contributed by atoms with Gasteiger partial charge < -0.3 is 14.5 Å². The fourth-order valence-corrected chi connectivity index (χ4v) is 4.01. The van der Waals surface area contributed by atoms with Crippen molar-refractivity contribution >= 4 is 17.2 Å². The van der Waals surface area contributed by atoms with Crippen LogP contribution in [0.4, 0.5) is 5.69 Å². The molecule has 1 N–H and O–H groups in total. The van der Waals surface area contributed by atoms with Crippen LogP contribution in [0, 0.1) is 0 Å². The van der Waals surface area contributed by atoms with Gasteiger partial charge in [0.15, 0.2) is 0 Å². The number of para-hydroxylation sites is 1. The Balaban J connectivity index is 1.57. The number of aromatic nitrogens is 2. The highest BCUT2D eigenvalue weighted by Crippen LogP contribution is 2.26. The maximum Gasteiger partial charge on any atom is 0.255 e. The third-order valence-electron chi connectivity index (χ3n) is 5.60. The third kappa shape index (κ3) is 4.51. The third-order valence-corrected chi connectivity index (χ3v) is 5.60. The Hall–Kier alpha value is -2.66. The number of nitrogens with one attached hydrogen (secondary N) is 1. The molecule has 1 aliphatic carbocycles. The molecule has 152 valence electrons. The van der Waals surface area contributed by atoms with Crippen LogP contribution >= 0.6 is 0 Å². The van der Waals surface area contributed by atoms with Gasteiger partial charge >= 0.3 is 0 Å². The highest BCUT2D eigenvalue weighted by Gasteiger charge is 2.20. The van der Waals surface area contributed by atoms with Gasteiger partial charge in [-0.2, -0.15) is 0 Å². The Morgan fingerprint density at radius 2 is 1.93 bits per heavy atom. The van der Waals surface area contributed by atoms with Crippen LogP contribution < -0.4 is 5.32 Å². The monoisotopic (exact) mass is 391 g/mol. The van der Waals surface area contributed by atoms with Gasteiger partial charge in [-0.05, 0) is 43.0 Å². The predicted octanol–water partition coefficient (Wildman–Crippen LogP) is 5.56. The summed E-state index contributed by atoms with van der Waals surface area (Å²) in [7, 11) is 0. The molecule has 1 saturated carbocycles. The lowest BCUT2D eigenvalue weighted by Gasteiger charge is -2.22. The second-order valence-corrected chi connectivity index (χ2v) is 8.13. The summed E-state index contributed by atoms with van der Waals surface area (Å²) in [6.45, 7) is 4.86. The van der Waals surface area contributed by atoms with E-state index in [4.69, 9.17) is 9.72 Å². The summed E-state index contributed by atoms with van der Waals surface area (Å²) in [4.78, 5) is 17.5. The van der Waals surface area contributed by atoms with Crippen LogP contribution in [0.15, 0.2) is 48.7 Å². The van der Waals surface area contributed by atoms with Crippen LogP contribution in [0.3, 0.4) is 0 Å². The van der Waals surface area contributed by atoms with E-state index in [0.717, 1.165) is 35.6 Å². The first kappa shape index (κ1) is 19.6. The van der Waals surface area contributed by atoms with Crippen molar-refractivity contribution < 1.29 is 9.53 Å². The van der Waals surface area contributed by atoms with Gasteiger partial charge in [0.05, 0.1) is 24.1 Å². The van der Waals surface area contributed by atoms with E-state index in [9.17, 15) is 4.79 Å². The second-order valence-electron chi connectivity index (χ2n) is 8.13. The van der Waals surface area contributed by atoms with Crippen molar-refractivity contribution in [2.24, 2.45) is 0 Å². The number of amides is 1. The van der Waals surface area contributed by atoms with Crippen molar-refractivity contribution in [1.82, 2.24) is 9.38 Å². The van der Waals surface area contributed by atoms with Crippen molar-refractivity contribution in [3.05, 3.63) is 65.6 Å². The standard InChI is InChI=1S/C24H29N3O2/c1-17(2)23-21(16-29-20-11-7-4-8-12-20)27-14-13-18(15-22(27)26-23)24(28)25-19-9-5-3-6-10-19/h3,5-6,9-10,13-15,17,20H,4,7-8,11-12,16H2,1-2H3,(H,25,28). The fraction of sp³-hybridized carbons (Fsp3) is 0.417. The molecule has 0 atom stereocenters. The van der Waals surface area contributed by atoms with Crippen LogP contribution in [-0.2, 0) is 11.3 Å². The quantitative estimate of drug-likeness (QED) is 0.598. The summed E-state index contributed by atoms with van der Waals surface area (Å²) in [5.41, 5.74) is 4.31. The molecule has 5 nitrogen and oxygen atoms in total. The molecule has 1 aromatic carbocycles. The summed E-state index contributed by atoms with van der Waals surface area (Å²) in [6.07, 6.45) is 8.43. The average Bonchev–Trinajstić information content (AvgIpc) is 3.12. The van der Waals surface area contributed by atoms with Crippen molar-refractivity contribution in [1.29, 1.82) is 0 Å². The first-order valence-electron chi connectivity index (χ1n) is 10.6. The molecule has 3 aromatic rings. The van der Waals surface area contributed by atoms with Crippen molar-refractivity contribution in [3.63, 3.8) is 0 Å². The zero-order valence-corrected chi connectivity index (χ0v) is 17.2. The van der Waals surface area contributed by atoms with Crippen molar-refractivity contribution in [2.45, 2.75) is 64.6 Å². The molecular formula is C24H29N3O2. The molecule has 4 rings (SSSR count). The van der Waals surface area contributed by atoms with Gasteiger partial charge in [-0.1, -0.05) is 51.3 Å². The Labute approximate surface area is 172 Å². The molecule has 1 aliphatic rings. The topological polar surface area (TPSA) is 55.6 Å². The van der Waals surface area contributed by atoms with E-state index in [0.29, 0.717) is 24.2 Å². The fourth-order valence-electron chi connectivity index (χ4n) is 4.01. The van der Waals surface area contributed by atoms with Crippen LogP contribution in [-0.4, -0.2) is 21.4 Å². The largest absolute Gasteiger partial charge is 0.372 e. The van der Waals surface area contributed by atoms with E-state index in [1.807, 2.05) is 48.7 Å². The molecule has 0 bridgehead atoms. The number of imidazole rings is 1. The van der Waals surface area contributed by atoms with Crippen LogP contribution in [0.1, 0.15) is 73.6 Å². The molecule has 1 amide bonds. The lowest BCUT2D eigenvalue weighted by molar-refractivity contribution is 0.0145. The molecule has 0 saturated heterocycles. The van der Waals surface area contributed by atoms with Gasteiger partial charge in [0.2, 0.25) is 0 Å². The van der Waals surface area contributed by atoms with Crippen LogP contribution in [0.5, 0.6) is 0 Å². The van der Waals surface area contributed by atoms with E-state index in [1.165, 1.54) is 19.3 Å². The zero-order chi connectivity index (χ0) is 20.2. The Bertz CT molecular complexity index is 972. The SMILES string of the molecule is CC(C)c1nc2cc(C(=O)Nc3ccccc3)ccn2c1COC1CCCCC1. The lowest BCUT2D eigenvalue weighted by Crippen LogP contribution is -2.17. The second kappa shape index (κ2) is 8.78. The molecule has 0 aliphatic heterocycles. The highest BCUT2D eigenvalue weighted by atomic mass is 16.5. The summed E-state index contributed by atoms with van der Waals surface area (Å²) >= 11 is 0. The number of benzene rings is 1. The van der Waals surface area contributed by atoms with E-state index in [2.05, 4.69) is 23.6 Å². The smallest absolute Gasteiger partial charge is 0.255 e. The van der Waals surface area contributed by atoms with Crippen molar-refractivity contribution in [3.8, 4) is 0 Å². The maximum absolute atomic E-state index is 12.6. The molecule has 0 unspecified atom stereocenters. The van der Waals surface area contributed by atoms with Gasteiger partial charge in [0.25, 0.3) is 5.91 Å². The Kier molecular flexibility index (Phi) is 5.95. The van der Waals surface area contributed by atoms with E-state index in [1.54, 1.807) is 0 Å². The number of anilines is 1. The molecule has 1 fully saturated rings. The number of hydrogen-bond acceptors (Lipinski definition) is 3. The van der Waals surface area contributed by atoms with Gasteiger partial charge in [-0.25, -0.2) is 4.98 Å². The minimum Gasteiger partial charge on any atom is -0.372 e. The highest BCUT2D eigenvalue weighted by molar-refractivity contribution is 6.04. The summed E-state index contributed by atoms with van der Waals surface area (Å²) in [6, 6.07) is 13.2. The molecular weight excluding hydrogens is 362 g/mol. The Morgan fingerprint density at radius 1 is 1.17 bits per heavy atom. The molecule has 2 aromatic heterocycles. The molecule has 2 heterocycles. The van der Waals surface area contributed by atoms with E-state index < -0.39 is 0 Å². The molecule has 0 spiro atoms. The van der Waals surface area contributed by atoms with Crippen LogP contribution in [0.2, 0.25) is 0 Å². The first-order valence-corrected chi connectivity index (χ1v) is 10.6. The predicted molar refractivity (Wildman–Crippen MR) is 115 cm³/mol. The molecule has 29 heavy (non-hydrogen) atoms. The number of pyridine rings is 1. The summed E-state index contributed by atoms with van der Waals surface area (Å²) in [5.74, 6) is 0.161. The maximum atomic E-state index is 12.6. The van der Waals surface area contributed by atoms with Crippen LogP contribution in [0.25, 0.3) is 5.65 Å². The van der Waals surface area contributed by atoms with Gasteiger partial charge in [-0.3, -0.25) is 4.79 Å². The first-order chi connectivity index (χ1) is 14.1. The number of nitrogens with zero attached hydrogens (tertiary/aromatic N) is 2. The van der Waals surface area contributed by atoms with Gasteiger partial charge in [0.1, 0.15) is 5.65 Å². The minimum atomic E-state index is -0.132. The number of carbonyl (C=O) groups is 1. The van der Waals surface area contributed by atoms with Gasteiger partial charge in [-0.15, -0.1) is 0 Å². The minimum absolute atomic E-state index is 0.132. The molecule has 0 radical (unpaired) electrons. The number of hydrogen-bond donors (Lipinski definition) is 1.